The fourth-order valence-electron chi connectivity index (χ4n) is 4.01. The van der Waals surface area contributed by atoms with Crippen LogP contribution in [0.15, 0.2) is 67.1 Å². The molecule has 0 unspecified atom stereocenters. The molecule has 1 amide bonds. The Bertz CT molecular complexity index is 1180. The molecule has 5 rings (SSSR count). The van der Waals surface area contributed by atoms with Gasteiger partial charge < -0.3 is 18.8 Å². The van der Waals surface area contributed by atoms with E-state index in [1.165, 1.54) is 10.9 Å². The number of benzene rings is 2. The number of hydrogen-bond donors (Lipinski definition) is 0. The number of cyclic esters (lactones) is 1. The number of hydrogen-bond acceptors (Lipinski definition) is 3. The molecule has 1 saturated heterocycles. The molecule has 0 bridgehead atoms. The minimum absolute atomic E-state index is 0.236. The van der Waals surface area contributed by atoms with Crippen molar-refractivity contribution in [1.29, 1.82) is 0 Å². The summed E-state index contributed by atoms with van der Waals surface area (Å²) in [6.45, 7) is 2.37. The summed E-state index contributed by atoms with van der Waals surface area (Å²) in [5.74, 6) is 0. The standard InChI is InChI=1S/C23H22N4O2/c1-25-11-10-18-19(8-5-9-20(18)25)22-21(17-6-3-2-4-7-17)24-16-27(22)13-12-26-14-15-29-23(26)28/h2-11,16H,12-15H2,1H3. The van der Waals surface area contributed by atoms with Gasteiger partial charge in [-0.15, -0.1) is 0 Å². The number of rotatable bonds is 5. The maximum atomic E-state index is 11.8. The molecular weight excluding hydrogens is 364 g/mol. The van der Waals surface area contributed by atoms with Crippen molar-refractivity contribution in [3.05, 3.63) is 67.1 Å². The molecule has 29 heavy (non-hydrogen) atoms. The van der Waals surface area contributed by atoms with Crippen LogP contribution in [0.4, 0.5) is 4.79 Å². The van der Waals surface area contributed by atoms with Crippen LogP contribution in [0.3, 0.4) is 0 Å². The molecule has 146 valence electrons. The largest absolute Gasteiger partial charge is 0.448 e. The maximum absolute atomic E-state index is 11.8. The van der Waals surface area contributed by atoms with Gasteiger partial charge in [0.1, 0.15) is 6.61 Å². The van der Waals surface area contributed by atoms with Crippen LogP contribution in [0.1, 0.15) is 0 Å². The average Bonchev–Trinajstić information content (AvgIpc) is 3.46. The minimum atomic E-state index is -0.236. The number of aromatic nitrogens is 3. The molecule has 1 aliphatic rings. The lowest BCUT2D eigenvalue weighted by Gasteiger charge is -2.16. The quantitative estimate of drug-likeness (QED) is 0.517. The number of imidazole rings is 1. The summed E-state index contributed by atoms with van der Waals surface area (Å²) in [4.78, 5) is 18.3. The molecule has 6 heteroatoms. The smallest absolute Gasteiger partial charge is 0.410 e. The van der Waals surface area contributed by atoms with E-state index in [0.717, 1.165) is 22.5 Å². The summed E-state index contributed by atoms with van der Waals surface area (Å²) in [6, 6.07) is 18.7. The Labute approximate surface area is 169 Å². The van der Waals surface area contributed by atoms with E-state index in [9.17, 15) is 4.79 Å². The molecule has 1 aliphatic heterocycles. The van der Waals surface area contributed by atoms with Crippen molar-refractivity contribution in [2.75, 3.05) is 19.7 Å². The second kappa shape index (κ2) is 7.13. The lowest BCUT2D eigenvalue weighted by molar-refractivity contribution is 0.157. The first-order chi connectivity index (χ1) is 14.2. The van der Waals surface area contributed by atoms with Crippen molar-refractivity contribution in [3.8, 4) is 22.5 Å². The molecule has 0 aliphatic carbocycles. The molecule has 0 N–H and O–H groups in total. The molecule has 0 atom stereocenters. The van der Waals surface area contributed by atoms with Crippen LogP contribution in [0.5, 0.6) is 0 Å². The maximum Gasteiger partial charge on any atom is 0.410 e. The van der Waals surface area contributed by atoms with Gasteiger partial charge in [-0.1, -0.05) is 42.5 Å². The molecule has 4 aromatic rings. The van der Waals surface area contributed by atoms with Crippen molar-refractivity contribution in [1.82, 2.24) is 19.0 Å². The van der Waals surface area contributed by atoms with Gasteiger partial charge in [0.25, 0.3) is 0 Å². The van der Waals surface area contributed by atoms with Crippen molar-refractivity contribution < 1.29 is 9.53 Å². The van der Waals surface area contributed by atoms with Gasteiger partial charge in [-0.2, -0.15) is 0 Å². The zero-order chi connectivity index (χ0) is 19.8. The van der Waals surface area contributed by atoms with E-state index in [-0.39, 0.29) is 6.09 Å². The first-order valence-corrected chi connectivity index (χ1v) is 9.79. The summed E-state index contributed by atoms with van der Waals surface area (Å²) in [5, 5.41) is 1.19. The molecule has 1 fully saturated rings. The number of carbonyl (C=O) groups excluding carboxylic acids is 1. The second-order valence-corrected chi connectivity index (χ2v) is 7.27. The first-order valence-electron chi connectivity index (χ1n) is 9.79. The fourth-order valence-corrected chi connectivity index (χ4v) is 4.01. The molecular formula is C23H22N4O2. The summed E-state index contributed by atoms with van der Waals surface area (Å²) in [7, 11) is 2.06. The Balaban J connectivity index is 1.62. The Morgan fingerprint density at radius 1 is 1.03 bits per heavy atom. The van der Waals surface area contributed by atoms with Gasteiger partial charge in [-0.3, -0.25) is 0 Å². The third kappa shape index (κ3) is 3.06. The fraction of sp³-hybridized carbons (Fsp3) is 0.217. The van der Waals surface area contributed by atoms with Gasteiger partial charge in [-0.25, -0.2) is 9.78 Å². The van der Waals surface area contributed by atoms with E-state index in [1.54, 1.807) is 4.90 Å². The predicted molar refractivity (Wildman–Crippen MR) is 112 cm³/mol. The summed E-state index contributed by atoms with van der Waals surface area (Å²) in [5.41, 5.74) is 5.42. The number of amides is 1. The molecule has 2 aromatic carbocycles. The van der Waals surface area contributed by atoms with Crippen LogP contribution in [0, 0.1) is 0 Å². The van der Waals surface area contributed by atoms with Gasteiger partial charge in [0.05, 0.1) is 24.3 Å². The Morgan fingerprint density at radius 3 is 2.69 bits per heavy atom. The van der Waals surface area contributed by atoms with Crippen molar-refractivity contribution in [2.24, 2.45) is 7.05 Å². The third-order valence-electron chi connectivity index (χ3n) is 5.52. The average molecular weight is 386 g/mol. The van der Waals surface area contributed by atoms with E-state index >= 15 is 0 Å². The van der Waals surface area contributed by atoms with Gasteiger partial charge >= 0.3 is 6.09 Å². The number of nitrogens with zero attached hydrogens (tertiary/aromatic N) is 4. The molecule has 0 spiro atoms. The van der Waals surface area contributed by atoms with Crippen molar-refractivity contribution >= 4 is 17.0 Å². The van der Waals surface area contributed by atoms with Crippen molar-refractivity contribution in [2.45, 2.75) is 6.54 Å². The van der Waals surface area contributed by atoms with E-state index < -0.39 is 0 Å². The van der Waals surface area contributed by atoms with E-state index in [2.05, 4.69) is 58.8 Å². The molecule has 2 aromatic heterocycles. The Kier molecular flexibility index (Phi) is 4.31. The Hall–Kier alpha value is -3.54. The molecule has 0 radical (unpaired) electrons. The monoisotopic (exact) mass is 386 g/mol. The molecule has 0 saturated carbocycles. The van der Waals surface area contributed by atoms with Crippen molar-refractivity contribution in [3.63, 3.8) is 0 Å². The normalized spacial score (nSPS) is 14.0. The zero-order valence-electron chi connectivity index (χ0n) is 16.3. The van der Waals surface area contributed by atoms with E-state index in [1.807, 2.05) is 24.5 Å². The summed E-state index contributed by atoms with van der Waals surface area (Å²) >= 11 is 0. The number of carbonyl (C=O) groups is 1. The third-order valence-corrected chi connectivity index (χ3v) is 5.52. The van der Waals surface area contributed by atoms with Gasteiger partial charge in [0.2, 0.25) is 0 Å². The van der Waals surface area contributed by atoms with Gasteiger partial charge in [-0.05, 0) is 12.1 Å². The van der Waals surface area contributed by atoms with Crippen LogP contribution in [-0.4, -0.2) is 44.8 Å². The van der Waals surface area contributed by atoms with E-state index in [4.69, 9.17) is 9.72 Å². The highest BCUT2D eigenvalue weighted by Gasteiger charge is 2.23. The van der Waals surface area contributed by atoms with Crippen LogP contribution in [-0.2, 0) is 18.3 Å². The minimum Gasteiger partial charge on any atom is -0.448 e. The summed E-state index contributed by atoms with van der Waals surface area (Å²) in [6.07, 6.45) is 3.72. The highest BCUT2D eigenvalue weighted by molar-refractivity contribution is 5.98. The van der Waals surface area contributed by atoms with Crippen LogP contribution in [0.25, 0.3) is 33.4 Å². The van der Waals surface area contributed by atoms with E-state index in [0.29, 0.717) is 26.2 Å². The van der Waals surface area contributed by atoms with Crippen LogP contribution >= 0.6 is 0 Å². The summed E-state index contributed by atoms with van der Waals surface area (Å²) < 4.78 is 9.34. The van der Waals surface area contributed by atoms with Gasteiger partial charge in [0.15, 0.2) is 0 Å². The highest BCUT2D eigenvalue weighted by atomic mass is 16.6. The Morgan fingerprint density at radius 2 is 1.90 bits per heavy atom. The predicted octanol–water partition coefficient (Wildman–Crippen LogP) is 4.16. The first kappa shape index (κ1) is 17.6. The zero-order valence-corrected chi connectivity index (χ0v) is 16.3. The SMILES string of the molecule is Cn1ccc2c(-c3c(-c4ccccc4)ncn3CCN3CCOC3=O)cccc21. The number of fused-ring (bicyclic) bond motifs is 1. The van der Waals surface area contributed by atoms with Crippen LogP contribution < -0.4 is 0 Å². The number of ether oxygens (including phenoxy) is 1. The molecule has 6 nitrogen and oxygen atoms in total. The lowest BCUT2D eigenvalue weighted by Crippen LogP contribution is -2.28. The second-order valence-electron chi connectivity index (χ2n) is 7.27. The molecule has 3 heterocycles. The lowest BCUT2D eigenvalue weighted by atomic mass is 10.0. The van der Waals surface area contributed by atoms with Gasteiger partial charge in [0, 0.05) is 48.4 Å². The topological polar surface area (TPSA) is 52.3 Å². The number of aryl methyl sites for hydroxylation is 1. The van der Waals surface area contributed by atoms with Crippen LogP contribution in [0.2, 0.25) is 0 Å². The highest BCUT2D eigenvalue weighted by Crippen LogP contribution is 2.36.